The van der Waals surface area contributed by atoms with E-state index in [4.69, 9.17) is 9.47 Å². The Morgan fingerprint density at radius 2 is 2.35 bits per heavy atom. The molecular formula is C13H25NO2S. The van der Waals surface area contributed by atoms with Gasteiger partial charge in [-0.3, -0.25) is 0 Å². The summed E-state index contributed by atoms with van der Waals surface area (Å²) < 4.78 is 11.6. The van der Waals surface area contributed by atoms with E-state index in [2.05, 4.69) is 12.2 Å². The number of thioether (sulfide) groups is 1. The highest BCUT2D eigenvalue weighted by atomic mass is 32.2. The van der Waals surface area contributed by atoms with E-state index >= 15 is 0 Å². The number of hydrogen-bond acceptors (Lipinski definition) is 4. The summed E-state index contributed by atoms with van der Waals surface area (Å²) in [5, 5.41) is 3.44. The minimum Gasteiger partial charge on any atom is -0.380 e. The molecule has 1 spiro atoms. The van der Waals surface area contributed by atoms with Crippen molar-refractivity contribution in [1.82, 2.24) is 5.32 Å². The Kier molecular flexibility index (Phi) is 4.75. The van der Waals surface area contributed by atoms with Crippen molar-refractivity contribution in [3.63, 3.8) is 0 Å². The van der Waals surface area contributed by atoms with Crippen LogP contribution in [0.2, 0.25) is 0 Å². The van der Waals surface area contributed by atoms with E-state index < -0.39 is 0 Å². The van der Waals surface area contributed by atoms with Crippen LogP contribution in [0.25, 0.3) is 0 Å². The lowest BCUT2D eigenvalue weighted by atomic mass is 9.80. The summed E-state index contributed by atoms with van der Waals surface area (Å²) in [5.41, 5.74) is 0.177. The molecule has 2 aliphatic heterocycles. The molecule has 0 aromatic carbocycles. The minimum absolute atomic E-state index is 0.177. The molecule has 0 amide bonds. The molecule has 0 bridgehead atoms. The molecule has 4 unspecified atom stereocenters. The lowest BCUT2D eigenvalue weighted by molar-refractivity contribution is -0.0932. The first-order valence-corrected chi connectivity index (χ1v) is 7.78. The van der Waals surface area contributed by atoms with Gasteiger partial charge in [0.25, 0.3) is 0 Å². The van der Waals surface area contributed by atoms with Gasteiger partial charge in [0, 0.05) is 25.5 Å². The average molecular weight is 259 g/mol. The number of rotatable bonds is 4. The van der Waals surface area contributed by atoms with Crippen molar-refractivity contribution in [2.75, 3.05) is 32.3 Å². The summed E-state index contributed by atoms with van der Waals surface area (Å²) in [7, 11) is 3.85. The van der Waals surface area contributed by atoms with E-state index in [-0.39, 0.29) is 11.7 Å². The smallest absolute Gasteiger partial charge is 0.0783 e. The fraction of sp³-hybridized carbons (Fsp3) is 1.00. The Balaban J connectivity index is 2.00. The number of methoxy groups -OCH3 is 1. The summed E-state index contributed by atoms with van der Waals surface area (Å²) in [6, 6.07) is 0.450. The highest BCUT2D eigenvalue weighted by molar-refractivity contribution is 7.99. The molecular weight excluding hydrogens is 234 g/mol. The monoisotopic (exact) mass is 259 g/mol. The maximum Gasteiger partial charge on any atom is 0.0783 e. The SMILES string of the molecule is CNC(C1CCOC2(CCSC2)C1)C(C)OC. The number of likely N-dealkylation sites (N-methyl/N-ethyl adjacent to an activating group) is 1. The molecule has 4 heteroatoms. The van der Waals surface area contributed by atoms with Crippen molar-refractivity contribution >= 4 is 11.8 Å². The Morgan fingerprint density at radius 3 is 2.94 bits per heavy atom. The van der Waals surface area contributed by atoms with Crippen molar-refractivity contribution in [2.24, 2.45) is 5.92 Å². The maximum atomic E-state index is 6.08. The molecule has 1 N–H and O–H groups in total. The third-order valence-corrected chi connectivity index (χ3v) is 5.54. The third kappa shape index (κ3) is 2.98. The summed E-state index contributed by atoms with van der Waals surface area (Å²) in [5.74, 6) is 3.13. The second kappa shape index (κ2) is 5.91. The topological polar surface area (TPSA) is 30.5 Å². The second-order valence-corrected chi connectivity index (χ2v) is 6.45. The van der Waals surface area contributed by atoms with Gasteiger partial charge in [-0.2, -0.15) is 11.8 Å². The molecule has 0 aromatic heterocycles. The molecule has 3 nitrogen and oxygen atoms in total. The van der Waals surface area contributed by atoms with Gasteiger partial charge < -0.3 is 14.8 Å². The predicted molar refractivity (Wildman–Crippen MR) is 72.7 cm³/mol. The highest BCUT2D eigenvalue weighted by Gasteiger charge is 2.43. The molecule has 0 saturated carbocycles. The molecule has 17 heavy (non-hydrogen) atoms. The highest BCUT2D eigenvalue weighted by Crippen LogP contribution is 2.41. The molecule has 0 aliphatic carbocycles. The van der Waals surface area contributed by atoms with Crippen LogP contribution in [-0.4, -0.2) is 50.0 Å². The van der Waals surface area contributed by atoms with Gasteiger partial charge in [-0.05, 0) is 44.9 Å². The van der Waals surface area contributed by atoms with E-state index in [1.54, 1.807) is 7.11 Å². The lowest BCUT2D eigenvalue weighted by Crippen LogP contribution is -2.50. The van der Waals surface area contributed by atoms with Crippen molar-refractivity contribution < 1.29 is 9.47 Å². The fourth-order valence-electron chi connectivity index (χ4n) is 3.24. The summed E-state index contributed by atoms with van der Waals surface area (Å²) >= 11 is 2.04. The Bertz CT molecular complexity index is 244. The van der Waals surface area contributed by atoms with Crippen LogP contribution in [0.15, 0.2) is 0 Å². The molecule has 2 rings (SSSR count). The van der Waals surface area contributed by atoms with Crippen LogP contribution in [0.5, 0.6) is 0 Å². The molecule has 2 saturated heterocycles. The Labute approximate surface area is 109 Å². The first-order chi connectivity index (χ1) is 8.21. The minimum atomic E-state index is 0.177. The third-order valence-electron chi connectivity index (χ3n) is 4.32. The lowest BCUT2D eigenvalue weighted by Gasteiger charge is -2.42. The van der Waals surface area contributed by atoms with Crippen molar-refractivity contribution in [3.05, 3.63) is 0 Å². The molecule has 100 valence electrons. The van der Waals surface area contributed by atoms with Crippen LogP contribution in [0.1, 0.15) is 26.2 Å². The van der Waals surface area contributed by atoms with Crippen molar-refractivity contribution in [2.45, 2.75) is 43.9 Å². The normalized spacial score (nSPS) is 37.2. The first kappa shape index (κ1) is 13.7. The van der Waals surface area contributed by atoms with E-state index in [1.165, 1.54) is 24.3 Å². The van der Waals surface area contributed by atoms with Crippen molar-refractivity contribution in [3.8, 4) is 0 Å². The van der Waals surface area contributed by atoms with E-state index in [0.717, 1.165) is 13.0 Å². The van der Waals surface area contributed by atoms with Gasteiger partial charge in [-0.15, -0.1) is 0 Å². The van der Waals surface area contributed by atoms with Gasteiger partial charge in [-0.1, -0.05) is 0 Å². The number of ether oxygens (including phenoxy) is 2. The molecule has 4 atom stereocenters. The molecule has 2 fully saturated rings. The predicted octanol–water partition coefficient (Wildman–Crippen LogP) is 1.91. The molecule has 0 radical (unpaired) electrons. The zero-order valence-electron chi connectivity index (χ0n) is 11.2. The van der Waals surface area contributed by atoms with E-state index in [0.29, 0.717) is 12.0 Å². The van der Waals surface area contributed by atoms with Crippen LogP contribution in [-0.2, 0) is 9.47 Å². The summed E-state index contributed by atoms with van der Waals surface area (Å²) in [4.78, 5) is 0. The quantitative estimate of drug-likeness (QED) is 0.835. The molecule has 2 heterocycles. The summed E-state index contributed by atoms with van der Waals surface area (Å²) in [6.07, 6.45) is 3.85. The number of nitrogens with one attached hydrogen (secondary N) is 1. The van der Waals surface area contributed by atoms with Crippen LogP contribution in [0.3, 0.4) is 0 Å². The van der Waals surface area contributed by atoms with Gasteiger partial charge in [-0.25, -0.2) is 0 Å². The average Bonchev–Trinajstić information content (AvgIpc) is 2.78. The van der Waals surface area contributed by atoms with Crippen LogP contribution < -0.4 is 5.32 Å². The van der Waals surface area contributed by atoms with E-state index in [1.807, 2.05) is 18.8 Å². The van der Waals surface area contributed by atoms with Gasteiger partial charge in [0.2, 0.25) is 0 Å². The molecule has 2 aliphatic rings. The van der Waals surface area contributed by atoms with Crippen LogP contribution >= 0.6 is 11.8 Å². The van der Waals surface area contributed by atoms with Gasteiger partial charge in [0.1, 0.15) is 0 Å². The zero-order chi connectivity index (χ0) is 12.3. The maximum absolute atomic E-state index is 6.08. The summed E-state index contributed by atoms with van der Waals surface area (Å²) in [6.45, 7) is 3.08. The largest absolute Gasteiger partial charge is 0.380 e. The first-order valence-electron chi connectivity index (χ1n) is 6.62. The fourth-order valence-corrected chi connectivity index (χ4v) is 4.61. The van der Waals surface area contributed by atoms with Gasteiger partial charge >= 0.3 is 0 Å². The zero-order valence-corrected chi connectivity index (χ0v) is 12.0. The second-order valence-electron chi connectivity index (χ2n) is 5.34. The van der Waals surface area contributed by atoms with E-state index in [9.17, 15) is 0 Å². The van der Waals surface area contributed by atoms with Gasteiger partial charge in [0.15, 0.2) is 0 Å². The number of hydrogen-bond donors (Lipinski definition) is 1. The Morgan fingerprint density at radius 1 is 1.53 bits per heavy atom. The van der Waals surface area contributed by atoms with Crippen molar-refractivity contribution in [1.29, 1.82) is 0 Å². The van der Waals surface area contributed by atoms with Gasteiger partial charge in [0.05, 0.1) is 11.7 Å². The van der Waals surface area contributed by atoms with Crippen LogP contribution in [0.4, 0.5) is 0 Å². The van der Waals surface area contributed by atoms with Crippen LogP contribution in [0, 0.1) is 5.92 Å². The Hall–Kier alpha value is 0.230. The standard InChI is InChI=1S/C13H25NO2S/c1-10(15-3)12(14-2)11-4-6-16-13(8-11)5-7-17-9-13/h10-12,14H,4-9H2,1-3H3. The molecule has 0 aromatic rings.